The zero-order chi connectivity index (χ0) is 21.5. The second-order valence-electron chi connectivity index (χ2n) is 7.21. The summed E-state index contributed by atoms with van der Waals surface area (Å²) in [5, 5.41) is 0. The molecule has 8 heteroatoms. The highest BCUT2D eigenvalue weighted by Gasteiger charge is 2.36. The number of hydrogen-bond donors (Lipinski definition) is 1. The number of halogens is 3. The van der Waals surface area contributed by atoms with Gasteiger partial charge in [0.2, 0.25) is 0 Å². The molecule has 0 fully saturated rings. The van der Waals surface area contributed by atoms with Gasteiger partial charge in [-0.25, -0.2) is 8.42 Å². The van der Waals surface area contributed by atoms with Crippen molar-refractivity contribution >= 4 is 10.1 Å². The molecule has 0 aliphatic carbocycles. The highest BCUT2D eigenvalue weighted by molar-refractivity contribution is 7.86. The number of hydrogen-bond acceptors (Lipinski definition) is 3. The van der Waals surface area contributed by atoms with Crippen LogP contribution >= 0.6 is 0 Å². The monoisotopic (exact) mass is 427 g/mol. The summed E-state index contributed by atoms with van der Waals surface area (Å²) in [5.74, 6) is 0. The van der Waals surface area contributed by atoms with Gasteiger partial charge in [0.1, 0.15) is 6.20 Å². The molecule has 1 rings (SSSR count). The summed E-state index contributed by atoms with van der Waals surface area (Å²) in [6, 6.07) is 0. The summed E-state index contributed by atoms with van der Waals surface area (Å²) in [5.41, 5.74) is -4.11. The molecule has 0 aromatic heterocycles. The fourth-order valence-corrected chi connectivity index (χ4v) is 2.96. The van der Waals surface area contributed by atoms with Crippen molar-refractivity contribution in [2.45, 2.75) is 96.4 Å². The average molecular weight is 428 g/mol. The van der Waals surface area contributed by atoms with E-state index in [2.05, 4.69) is 32.3 Å². The molecule has 1 aliphatic rings. The zero-order valence-electron chi connectivity index (χ0n) is 17.2. The lowest BCUT2D eigenvalue weighted by atomic mass is 10.1. The fraction of sp³-hybridized carbons (Fsp3) is 0.800. The first kappa shape index (κ1) is 27.1. The van der Waals surface area contributed by atoms with Crippen molar-refractivity contribution in [1.82, 2.24) is 0 Å². The van der Waals surface area contributed by atoms with Crippen molar-refractivity contribution < 1.29 is 31.0 Å². The van der Waals surface area contributed by atoms with E-state index in [4.69, 9.17) is 13.0 Å². The first-order valence-electron chi connectivity index (χ1n) is 10.4. The van der Waals surface area contributed by atoms with E-state index in [1.54, 1.807) is 4.90 Å². The Kier molecular flexibility index (Phi) is 14.6. The van der Waals surface area contributed by atoms with Crippen molar-refractivity contribution in [3.05, 3.63) is 24.0 Å². The molecule has 1 N–H and O–H groups in total. The van der Waals surface area contributed by atoms with E-state index >= 15 is 0 Å². The number of alkyl halides is 3. The van der Waals surface area contributed by atoms with Crippen LogP contribution in [-0.2, 0) is 10.1 Å². The minimum absolute atomic E-state index is 1.25. The van der Waals surface area contributed by atoms with Gasteiger partial charge in [-0.05, 0) is 19.3 Å². The van der Waals surface area contributed by atoms with Gasteiger partial charge in [0.15, 0.2) is 10.1 Å². The molecule has 0 aromatic rings. The van der Waals surface area contributed by atoms with Crippen molar-refractivity contribution in [2.24, 2.45) is 0 Å². The molecule has 1 atom stereocenters. The van der Waals surface area contributed by atoms with Crippen molar-refractivity contribution in [2.75, 3.05) is 6.54 Å². The molecule has 166 valence electrons. The van der Waals surface area contributed by atoms with Crippen LogP contribution in [-0.4, -0.2) is 25.0 Å². The smallest absolute Gasteiger partial charge is 0.485 e. The Morgan fingerprint density at radius 1 is 0.893 bits per heavy atom. The maximum absolute atomic E-state index is 10.7. The second-order valence-corrected chi connectivity index (χ2v) is 8.58. The molecule has 28 heavy (non-hydrogen) atoms. The number of rotatable bonds is 13. The molecule has 0 bridgehead atoms. The highest BCUT2D eigenvalue weighted by Crippen LogP contribution is 2.20. The van der Waals surface area contributed by atoms with Crippen LogP contribution in [0.3, 0.4) is 0 Å². The maximum Gasteiger partial charge on any atom is 0.485 e. The summed E-state index contributed by atoms with van der Waals surface area (Å²) < 4.78 is 58.9. The quantitative estimate of drug-likeness (QED) is 0.254. The van der Waals surface area contributed by atoms with Crippen molar-refractivity contribution in [3.63, 3.8) is 0 Å². The van der Waals surface area contributed by atoms with Crippen LogP contribution in [0.1, 0.15) is 90.9 Å². The molecule has 0 saturated heterocycles. The summed E-state index contributed by atoms with van der Waals surface area (Å²) in [7, 11) is -6.09. The van der Waals surface area contributed by atoms with Gasteiger partial charge >= 0.3 is 5.51 Å². The number of unbranched alkanes of at least 4 members (excludes halogenated alkanes) is 9. The molecule has 1 unspecified atom stereocenters. The minimum Gasteiger partial charge on any atom is -0.741 e. The lowest BCUT2D eigenvalue weighted by Crippen LogP contribution is -3.01. The van der Waals surface area contributed by atoms with Crippen molar-refractivity contribution in [3.8, 4) is 0 Å². The maximum atomic E-state index is 10.7. The van der Waals surface area contributed by atoms with E-state index in [1.807, 2.05) is 0 Å². The lowest BCUT2D eigenvalue weighted by molar-refractivity contribution is -0.788. The van der Waals surface area contributed by atoms with Crippen molar-refractivity contribution in [1.29, 1.82) is 0 Å². The summed E-state index contributed by atoms with van der Waals surface area (Å²) in [4.78, 5) is 1.56. The molecule has 4 nitrogen and oxygen atoms in total. The van der Waals surface area contributed by atoms with Gasteiger partial charge in [-0.2, -0.15) is 13.2 Å². The Hall–Kier alpha value is -0.860. The van der Waals surface area contributed by atoms with Gasteiger partial charge in [0.05, 0.1) is 12.7 Å². The third kappa shape index (κ3) is 14.2. The Morgan fingerprint density at radius 3 is 1.79 bits per heavy atom. The molecular formula is C20H36F3NO3S. The zero-order valence-corrected chi connectivity index (χ0v) is 18.0. The van der Waals surface area contributed by atoms with Gasteiger partial charge in [-0.1, -0.05) is 71.6 Å². The summed E-state index contributed by atoms with van der Waals surface area (Å²) in [6.45, 7) is 5.84. The van der Waals surface area contributed by atoms with E-state index in [9.17, 15) is 13.2 Å². The Morgan fingerprint density at radius 2 is 1.36 bits per heavy atom. The summed E-state index contributed by atoms with van der Waals surface area (Å²) >= 11 is 0. The standard InChI is InChI=1S/C19H35N.CHF3O3S/c1-3-5-6-7-8-9-10-11-12-13-16-20-17-15-19(18-20)14-4-2;2-1(3,4)8(5,6)7/h15,17-18H,3-14,16H2,1-2H3;(H,5,6,7). The number of quaternary nitrogens is 1. The normalized spacial score (nSPS) is 16.6. The fourth-order valence-electron chi connectivity index (χ4n) is 2.96. The molecule has 0 radical (unpaired) electrons. The molecule has 0 spiro atoms. The third-order valence-corrected chi connectivity index (χ3v) is 5.09. The number of nitrogens with one attached hydrogen (secondary N) is 1. The van der Waals surface area contributed by atoms with Crippen LogP contribution < -0.4 is 4.90 Å². The van der Waals surface area contributed by atoms with Crippen LogP contribution in [0.2, 0.25) is 0 Å². The molecule has 1 aliphatic heterocycles. The molecular weight excluding hydrogens is 391 g/mol. The Bertz CT molecular complexity index is 558. The van der Waals surface area contributed by atoms with Gasteiger partial charge in [-0.3, -0.25) is 4.90 Å². The first-order valence-corrected chi connectivity index (χ1v) is 11.8. The van der Waals surface area contributed by atoms with E-state index in [0.717, 1.165) is 0 Å². The van der Waals surface area contributed by atoms with Gasteiger partial charge in [-0.15, -0.1) is 0 Å². The predicted molar refractivity (Wildman–Crippen MR) is 106 cm³/mol. The average Bonchev–Trinajstić information content (AvgIpc) is 3.03. The van der Waals surface area contributed by atoms with Gasteiger partial charge < -0.3 is 4.55 Å². The SMILES string of the molecule is CCCCCCCCCCCC[NH+]1C=CC(CCC)=C1.O=S(=O)([O-])C(F)(F)F. The van der Waals surface area contributed by atoms with E-state index in [1.165, 1.54) is 89.2 Å². The molecule has 1 heterocycles. The summed E-state index contributed by atoms with van der Waals surface area (Å²) in [6.07, 6.45) is 23.9. The number of allylic oxidation sites excluding steroid dienone is 2. The topological polar surface area (TPSA) is 61.6 Å². The lowest BCUT2D eigenvalue weighted by Gasteiger charge is -2.08. The van der Waals surface area contributed by atoms with E-state index < -0.39 is 15.6 Å². The largest absolute Gasteiger partial charge is 0.741 e. The highest BCUT2D eigenvalue weighted by atomic mass is 32.2. The molecule has 0 amide bonds. The minimum atomic E-state index is -6.09. The Balaban J connectivity index is 0.000000769. The Labute approximate surface area is 168 Å². The van der Waals surface area contributed by atoms with E-state index in [-0.39, 0.29) is 0 Å². The molecule has 0 aromatic carbocycles. The van der Waals surface area contributed by atoms with E-state index in [0.29, 0.717) is 0 Å². The third-order valence-electron chi connectivity index (χ3n) is 4.52. The van der Waals surface area contributed by atoms with Crippen LogP contribution in [0.25, 0.3) is 0 Å². The van der Waals surface area contributed by atoms with Crippen LogP contribution in [0.4, 0.5) is 13.2 Å². The van der Waals surface area contributed by atoms with Gasteiger partial charge in [0, 0.05) is 11.6 Å². The van der Waals surface area contributed by atoms with Crippen LogP contribution in [0, 0.1) is 0 Å². The predicted octanol–water partition coefficient (Wildman–Crippen LogP) is 5.05. The second kappa shape index (κ2) is 15.0. The first-order chi connectivity index (χ1) is 13.1. The van der Waals surface area contributed by atoms with Crippen LogP contribution in [0.15, 0.2) is 24.0 Å². The van der Waals surface area contributed by atoms with Crippen LogP contribution in [0.5, 0.6) is 0 Å². The van der Waals surface area contributed by atoms with Gasteiger partial charge in [0.25, 0.3) is 0 Å². The molecule has 0 saturated carbocycles.